The molecule has 1 amide bonds. The van der Waals surface area contributed by atoms with Gasteiger partial charge in [0, 0.05) is 30.7 Å². The molecule has 22 heavy (non-hydrogen) atoms. The van der Waals surface area contributed by atoms with E-state index < -0.39 is 10.8 Å². The first-order valence-corrected chi connectivity index (χ1v) is 7.42. The molecule has 2 heterocycles. The Morgan fingerprint density at radius 3 is 2.86 bits per heavy atom. The number of nitrogens with one attached hydrogen (secondary N) is 1. The van der Waals surface area contributed by atoms with E-state index in [9.17, 15) is 14.9 Å². The van der Waals surface area contributed by atoms with Gasteiger partial charge in [-0.1, -0.05) is 0 Å². The molecule has 8 heteroatoms. The average molecular weight is 305 g/mol. The van der Waals surface area contributed by atoms with Gasteiger partial charge in [-0.15, -0.1) is 0 Å². The summed E-state index contributed by atoms with van der Waals surface area (Å²) in [5, 5.41) is 14.0. The third-order valence-electron chi connectivity index (χ3n) is 4.33. The molecule has 3 N–H and O–H groups in total. The standard InChI is InChI=1S/C14H19N5O3/c1-8-4-9(7-18(8)10-2-3-10)17-14-12(13(15)20)5-11(6-16-14)19(21)22/h5-6,8-10H,2-4,7H2,1H3,(H2,15,20)(H,16,17). The van der Waals surface area contributed by atoms with Crippen LogP contribution in [0.15, 0.2) is 12.3 Å². The second-order valence-corrected chi connectivity index (χ2v) is 6.06. The lowest BCUT2D eigenvalue weighted by molar-refractivity contribution is -0.385. The van der Waals surface area contributed by atoms with Gasteiger partial charge in [0.05, 0.1) is 10.5 Å². The molecule has 0 radical (unpaired) electrons. The van der Waals surface area contributed by atoms with Crippen LogP contribution in [0.4, 0.5) is 11.5 Å². The molecule has 2 aliphatic rings. The Morgan fingerprint density at radius 1 is 1.55 bits per heavy atom. The third-order valence-corrected chi connectivity index (χ3v) is 4.33. The summed E-state index contributed by atoms with van der Waals surface area (Å²) in [4.78, 5) is 28.2. The Balaban J connectivity index is 1.77. The van der Waals surface area contributed by atoms with Gasteiger partial charge in [0.25, 0.3) is 11.6 Å². The first kappa shape index (κ1) is 14.7. The number of hydrogen-bond donors (Lipinski definition) is 2. The van der Waals surface area contributed by atoms with E-state index in [1.54, 1.807) is 0 Å². The van der Waals surface area contributed by atoms with E-state index >= 15 is 0 Å². The van der Waals surface area contributed by atoms with Gasteiger partial charge in [0.1, 0.15) is 12.0 Å². The van der Waals surface area contributed by atoms with Crippen molar-refractivity contribution < 1.29 is 9.72 Å². The second kappa shape index (κ2) is 5.53. The fraction of sp³-hybridized carbons (Fsp3) is 0.571. The molecule has 1 aromatic rings. The van der Waals surface area contributed by atoms with Gasteiger partial charge in [-0.05, 0) is 26.2 Å². The monoisotopic (exact) mass is 305 g/mol. The highest BCUT2D eigenvalue weighted by Gasteiger charge is 2.39. The number of rotatable bonds is 5. The maximum atomic E-state index is 11.5. The summed E-state index contributed by atoms with van der Waals surface area (Å²) in [5.41, 5.74) is 5.14. The molecule has 2 atom stereocenters. The Labute approximate surface area is 127 Å². The smallest absolute Gasteiger partial charge is 0.288 e. The highest BCUT2D eigenvalue weighted by Crippen LogP contribution is 2.34. The van der Waals surface area contributed by atoms with Gasteiger partial charge in [-0.2, -0.15) is 0 Å². The van der Waals surface area contributed by atoms with Crippen LogP contribution in [0.1, 0.15) is 36.5 Å². The fourth-order valence-corrected chi connectivity index (χ4v) is 3.13. The van der Waals surface area contributed by atoms with Gasteiger partial charge in [0.15, 0.2) is 0 Å². The molecule has 1 aliphatic carbocycles. The number of carbonyl (C=O) groups excluding carboxylic acids is 1. The molecule has 2 fully saturated rings. The predicted molar refractivity (Wildman–Crippen MR) is 80.6 cm³/mol. The minimum atomic E-state index is -0.719. The lowest BCUT2D eigenvalue weighted by atomic mass is 10.1. The summed E-state index contributed by atoms with van der Waals surface area (Å²) < 4.78 is 0. The van der Waals surface area contributed by atoms with Crippen molar-refractivity contribution in [2.24, 2.45) is 5.73 Å². The molecular weight excluding hydrogens is 286 g/mol. The molecule has 8 nitrogen and oxygen atoms in total. The van der Waals surface area contributed by atoms with Crippen LogP contribution < -0.4 is 11.1 Å². The van der Waals surface area contributed by atoms with Gasteiger partial charge in [0.2, 0.25) is 0 Å². The third kappa shape index (κ3) is 2.87. The lowest BCUT2D eigenvalue weighted by Crippen LogP contribution is -2.31. The molecule has 0 spiro atoms. The highest BCUT2D eigenvalue weighted by atomic mass is 16.6. The van der Waals surface area contributed by atoms with Crippen molar-refractivity contribution in [2.45, 2.75) is 44.3 Å². The lowest BCUT2D eigenvalue weighted by Gasteiger charge is -2.20. The number of aromatic nitrogens is 1. The van der Waals surface area contributed by atoms with Crippen molar-refractivity contribution in [3.8, 4) is 0 Å². The van der Waals surface area contributed by atoms with E-state index in [-0.39, 0.29) is 17.3 Å². The summed E-state index contributed by atoms with van der Waals surface area (Å²) >= 11 is 0. The zero-order valence-electron chi connectivity index (χ0n) is 12.4. The normalized spacial score (nSPS) is 25.1. The molecule has 1 saturated heterocycles. The SMILES string of the molecule is CC1CC(Nc2ncc([N+](=O)[O-])cc2C(N)=O)CN1C1CC1. The molecule has 1 saturated carbocycles. The quantitative estimate of drug-likeness (QED) is 0.622. The van der Waals surface area contributed by atoms with E-state index in [4.69, 9.17) is 5.73 Å². The second-order valence-electron chi connectivity index (χ2n) is 6.06. The topological polar surface area (TPSA) is 114 Å². The average Bonchev–Trinajstić information content (AvgIpc) is 3.23. The van der Waals surface area contributed by atoms with Gasteiger partial charge < -0.3 is 11.1 Å². The first-order chi connectivity index (χ1) is 10.5. The van der Waals surface area contributed by atoms with Crippen LogP contribution in [0.2, 0.25) is 0 Å². The van der Waals surface area contributed by atoms with Crippen LogP contribution in [0.25, 0.3) is 0 Å². The van der Waals surface area contributed by atoms with Crippen LogP contribution in [0, 0.1) is 10.1 Å². The number of nitrogens with zero attached hydrogens (tertiary/aromatic N) is 3. The van der Waals surface area contributed by atoms with Crippen molar-refractivity contribution >= 4 is 17.4 Å². The summed E-state index contributed by atoms with van der Waals surface area (Å²) in [5.74, 6) is -0.392. The number of primary amides is 1. The predicted octanol–water partition coefficient (Wildman–Crippen LogP) is 1.13. The van der Waals surface area contributed by atoms with E-state index in [1.165, 1.54) is 18.9 Å². The molecule has 1 aromatic heterocycles. The first-order valence-electron chi connectivity index (χ1n) is 7.42. The molecular formula is C14H19N5O3. The summed E-state index contributed by atoms with van der Waals surface area (Å²) in [6.45, 7) is 3.08. The molecule has 118 valence electrons. The van der Waals surface area contributed by atoms with Crippen LogP contribution in [-0.4, -0.2) is 45.4 Å². The number of amides is 1. The molecule has 0 bridgehead atoms. The zero-order chi connectivity index (χ0) is 15.9. The summed E-state index contributed by atoms with van der Waals surface area (Å²) in [6, 6.07) is 2.51. The maximum Gasteiger partial charge on any atom is 0.288 e. The van der Waals surface area contributed by atoms with Crippen LogP contribution in [0.3, 0.4) is 0 Å². The summed E-state index contributed by atoms with van der Waals surface area (Å²) in [7, 11) is 0. The fourth-order valence-electron chi connectivity index (χ4n) is 3.13. The largest absolute Gasteiger partial charge is 0.365 e. The minimum absolute atomic E-state index is 0.0618. The molecule has 0 aromatic carbocycles. The van der Waals surface area contributed by atoms with Crippen LogP contribution in [0.5, 0.6) is 0 Å². The van der Waals surface area contributed by atoms with Crippen LogP contribution >= 0.6 is 0 Å². The van der Waals surface area contributed by atoms with Gasteiger partial charge in [-0.3, -0.25) is 19.8 Å². The Kier molecular flexibility index (Phi) is 3.69. The minimum Gasteiger partial charge on any atom is -0.365 e. The molecule has 3 rings (SSSR count). The number of nitrogens with two attached hydrogens (primary N) is 1. The van der Waals surface area contributed by atoms with Crippen molar-refractivity contribution in [1.82, 2.24) is 9.88 Å². The van der Waals surface area contributed by atoms with Crippen molar-refractivity contribution in [3.63, 3.8) is 0 Å². The summed E-state index contributed by atoms with van der Waals surface area (Å²) in [6.07, 6.45) is 4.60. The van der Waals surface area contributed by atoms with Gasteiger partial charge in [-0.25, -0.2) is 4.98 Å². The number of nitro groups is 1. The zero-order valence-corrected chi connectivity index (χ0v) is 12.4. The number of anilines is 1. The van der Waals surface area contributed by atoms with Gasteiger partial charge >= 0.3 is 0 Å². The Morgan fingerprint density at radius 2 is 2.27 bits per heavy atom. The van der Waals surface area contributed by atoms with Crippen molar-refractivity contribution in [3.05, 3.63) is 27.9 Å². The van der Waals surface area contributed by atoms with Crippen molar-refractivity contribution in [1.29, 1.82) is 0 Å². The molecule has 1 aliphatic heterocycles. The highest BCUT2D eigenvalue weighted by molar-refractivity contribution is 5.98. The van der Waals surface area contributed by atoms with E-state index in [1.807, 2.05) is 0 Å². The number of hydrogen-bond acceptors (Lipinski definition) is 6. The Hall–Kier alpha value is -2.22. The van der Waals surface area contributed by atoms with E-state index in [0.29, 0.717) is 17.9 Å². The van der Waals surface area contributed by atoms with Crippen LogP contribution in [-0.2, 0) is 0 Å². The van der Waals surface area contributed by atoms with Crippen molar-refractivity contribution in [2.75, 3.05) is 11.9 Å². The van der Waals surface area contributed by atoms with E-state index in [2.05, 4.69) is 22.1 Å². The number of pyridine rings is 1. The Bertz CT molecular complexity index is 616. The molecule has 2 unspecified atom stereocenters. The maximum absolute atomic E-state index is 11.5. The number of likely N-dealkylation sites (tertiary alicyclic amines) is 1. The van der Waals surface area contributed by atoms with E-state index in [0.717, 1.165) is 19.2 Å². The number of carbonyl (C=O) groups is 1.